The van der Waals surface area contributed by atoms with Gasteiger partial charge in [-0.05, 0) is 0 Å². The third kappa shape index (κ3) is 922. The average molecular weight is 165 g/mol. The van der Waals surface area contributed by atoms with Crippen LogP contribution < -0.4 is 0 Å². The molecule has 0 atom stereocenters. The van der Waals surface area contributed by atoms with Gasteiger partial charge in [0.05, 0.1) is 0 Å². The molecule has 0 aliphatic carbocycles. The molecule has 0 fully saturated rings. The molecule has 0 amide bonds. The minimum atomic E-state index is -4.92. The van der Waals surface area contributed by atoms with Crippen LogP contribution in [-0.2, 0) is 33.2 Å². The van der Waals surface area contributed by atoms with E-state index in [-0.39, 0.29) is 22.8 Å². The van der Waals surface area contributed by atoms with E-state index in [1.54, 1.807) is 0 Å². The van der Waals surface area contributed by atoms with E-state index in [4.69, 9.17) is 17.5 Å². The summed E-state index contributed by atoms with van der Waals surface area (Å²) in [5, 5.41) is 0. The van der Waals surface area contributed by atoms with Crippen molar-refractivity contribution in [1.29, 1.82) is 0 Å². The molecular formula is HCrO5S. The third-order valence-corrected chi connectivity index (χ3v) is 0. The van der Waals surface area contributed by atoms with Crippen molar-refractivity contribution in [3.05, 3.63) is 0 Å². The van der Waals surface area contributed by atoms with Crippen molar-refractivity contribution in [3.8, 4) is 0 Å². The van der Waals surface area contributed by atoms with Crippen LogP contribution in [-0.4, -0.2) is 17.5 Å². The van der Waals surface area contributed by atoms with Crippen molar-refractivity contribution >= 4 is 10.4 Å². The van der Waals surface area contributed by atoms with Crippen LogP contribution in [0.2, 0.25) is 0 Å². The van der Waals surface area contributed by atoms with Crippen molar-refractivity contribution in [2.24, 2.45) is 0 Å². The maximum absolute atomic E-state index is 8.63. The zero-order valence-electron chi connectivity index (χ0n) is 2.90. The molecule has 0 aliphatic rings. The van der Waals surface area contributed by atoms with Crippen LogP contribution in [0.15, 0.2) is 0 Å². The molecule has 0 bridgehead atoms. The second-order valence-corrected chi connectivity index (χ2v) is 1.28. The Morgan fingerprint density at radius 3 is 1.43 bits per heavy atom. The summed E-state index contributed by atoms with van der Waals surface area (Å²) >= 11 is 0. The van der Waals surface area contributed by atoms with Gasteiger partial charge in [-0.15, -0.1) is 0 Å². The standard InChI is InChI=1S/Cr.H2O4S.O/c;1-5(2,3)4;/h;(H2,1,2,3,4);/q+3;;-2/p-1. The Kier molecular flexibility index (Phi) is 10.1. The zero-order chi connectivity index (χ0) is 4.50. The maximum Gasteiger partial charge on any atom is 3.00 e. The van der Waals surface area contributed by atoms with Gasteiger partial charge in [-0.3, -0.25) is 4.55 Å². The molecule has 7 heteroatoms. The molecule has 0 rings (SSSR count). The van der Waals surface area contributed by atoms with Gasteiger partial charge in [0, 0.05) is 0 Å². The van der Waals surface area contributed by atoms with Crippen LogP contribution in [0.5, 0.6) is 0 Å². The van der Waals surface area contributed by atoms with Gasteiger partial charge in [-0.2, -0.15) is 0 Å². The minimum Gasteiger partial charge on any atom is -2.00 e. The van der Waals surface area contributed by atoms with Crippen molar-refractivity contribution in [1.82, 2.24) is 0 Å². The fourth-order valence-corrected chi connectivity index (χ4v) is 0. The molecule has 0 saturated carbocycles. The van der Waals surface area contributed by atoms with Crippen LogP contribution in [0.1, 0.15) is 0 Å². The van der Waals surface area contributed by atoms with E-state index in [0.717, 1.165) is 0 Å². The van der Waals surface area contributed by atoms with Crippen LogP contribution in [0.4, 0.5) is 0 Å². The smallest absolute Gasteiger partial charge is 2.00 e. The first-order chi connectivity index (χ1) is 2.00. The summed E-state index contributed by atoms with van der Waals surface area (Å²) in [6.07, 6.45) is 0. The molecule has 1 N–H and O–H groups in total. The van der Waals surface area contributed by atoms with Gasteiger partial charge in [0.25, 0.3) is 0 Å². The summed E-state index contributed by atoms with van der Waals surface area (Å²) in [6, 6.07) is 0. The SMILES string of the molecule is O=S(=O)([O-])O.[Cr+3].[O-2]. The molecule has 0 heterocycles. The Balaban J connectivity index is -0.0000000800. The second-order valence-electron chi connectivity index (χ2n) is 0.428. The van der Waals surface area contributed by atoms with E-state index >= 15 is 0 Å². The normalized spacial score (nSPS) is 8.29. The molecule has 0 saturated heterocycles. The van der Waals surface area contributed by atoms with Crippen LogP contribution >= 0.6 is 0 Å². The van der Waals surface area contributed by atoms with Crippen molar-refractivity contribution in [2.75, 3.05) is 0 Å². The Bertz CT molecular complexity index is 91.2. The molecular weight excluding hydrogens is 164 g/mol. The van der Waals surface area contributed by atoms with Gasteiger partial charge in [0.1, 0.15) is 0 Å². The van der Waals surface area contributed by atoms with Gasteiger partial charge in [0.15, 0.2) is 0 Å². The molecule has 0 aromatic carbocycles. The van der Waals surface area contributed by atoms with Gasteiger partial charge < -0.3 is 10.0 Å². The number of rotatable bonds is 0. The molecule has 43 valence electrons. The number of hydrogen-bond acceptors (Lipinski definition) is 3. The predicted molar refractivity (Wildman–Crippen MR) is 13.0 cm³/mol. The summed E-state index contributed by atoms with van der Waals surface area (Å²) < 4.78 is 32.8. The topological polar surface area (TPSA) is 106 Å². The van der Waals surface area contributed by atoms with Crippen LogP contribution in [0, 0.1) is 0 Å². The largest absolute Gasteiger partial charge is 3.00 e. The summed E-state index contributed by atoms with van der Waals surface area (Å²) in [5.41, 5.74) is 0. The molecule has 5 nitrogen and oxygen atoms in total. The zero-order valence-corrected chi connectivity index (χ0v) is 4.99. The molecule has 0 aromatic heterocycles. The van der Waals surface area contributed by atoms with Crippen LogP contribution in [0.25, 0.3) is 0 Å². The summed E-state index contributed by atoms with van der Waals surface area (Å²) in [5.74, 6) is 0. The monoisotopic (exact) mass is 165 g/mol. The van der Waals surface area contributed by atoms with Crippen LogP contribution in [0.3, 0.4) is 0 Å². The van der Waals surface area contributed by atoms with E-state index in [0.29, 0.717) is 0 Å². The van der Waals surface area contributed by atoms with Gasteiger partial charge in [0.2, 0.25) is 10.4 Å². The molecule has 1 radical (unpaired) electrons. The molecule has 0 aromatic rings. The summed E-state index contributed by atoms with van der Waals surface area (Å²) in [7, 11) is -4.92. The first-order valence-electron chi connectivity index (χ1n) is 0.683. The van der Waals surface area contributed by atoms with E-state index in [2.05, 4.69) is 0 Å². The Hall–Kier alpha value is 0.362. The first kappa shape index (κ1) is 15.7. The van der Waals surface area contributed by atoms with E-state index in [9.17, 15) is 0 Å². The predicted octanol–water partition coefficient (Wildman–Crippen LogP) is -1.12. The van der Waals surface area contributed by atoms with Crippen molar-refractivity contribution < 1.29 is 40.4 Å². The Morgan fingerprint density at radius 2 is 1.43 bits per heavy atom. The van der Waals surface area contributed by atoms with Gasteiger partial charge in [-0.1, -0.05) is 0 Å². The van der Waals surface area contributed by atoms with E-state index < -0.39 is 10.4 Å². The molecule has 7 heavy (non-hydrogen) atoms. The van der Waals surface area contributed by atoms with E-state index in [1.165, 1.54) is 0 Å². The molecule has 0 aliphatic heterocycles. The van der Waals surface area contributed by atoms with Gasteiger partial charge >= 0.3 is 17.4 Å². The minimum absolute atomic E-state index is 0. The summed E-state index contributed by atoms with van der Waals surface area (Å²) in [4.78, 5) is 0. The van der Waals surface area contributed by atoms with Crippen molar-refractivity contribution in [2.45, 2.75) is 0 Å². The molecule has 0 unspecified atom stereocenters. The first-order valence-corrected chi connectivity index (χ1v) is 2.05. The van der Waals surface area contributed by atoms with Crippen molar-refractivity contribution in [3.63, 3.8) is 0 Å². The second kappa shape index (κ2) is 4.52. The average Bonchev–Trinajstić information content (AvgIpc) is 0.722. The fourth-order valence-electron chi connectivity index (χ4n) is 0. The number of hydrogen-bond donors (Lipinski definition) is 1. The maximum atomic E-state index is 8.63. The Morgan fingerprint density at radius 1 is 1.43 bits per heavy atom. The molecule has 0 spiro atoms. The Labute approximate surface area is 51.4 Å². The fraction of sp³-hybridized carbons (Fsp3) is 0. The third-order valence-electron chi connectivity index (χ3n) is 0. The summed E-state index contributed by atoms with van der Waals surface area (Å²) in [6.45, 7) is 0. The quantitative estimate of drug-likeness (QED) is 0.362. The van der Waals surface area contributed by atoms with E-state index in [1.807, 2.05) is 0 Å². The van der Waals surface area contributed by atoms with Gasteiger partial charge in [-0.25, -0.2) is 8.42 Å².